The third-order valence-corrected chi connectivity index (χ3v) is 5.76. The predicted molar refractivity (Wildman–Crippen MR) is 69.8 cm³/mol. The lowest BCUT2D eigenvalue weighted by Crippen LogP contribution is -2.31. The minimum atomic E-state index is -3.27. The lowest BCUT2D eigenvalue weighted by Gasteiger charge is -2.23. The van der Waals surface area contributed by atoms with Gasteiger partial charge >= 0.3 is 0 Å². The summed E-state index contributed by atoms with van der Waals surface area (Å²) in [5.41, 5.74) is 2.14. The van der Waals surface area contributed by atoms with Crippen molar-refractivity contribution in [3.8, 4) is 0 Å². The Labute approximate surface area is 108 Å². The van der Waals surface area contributed by atoms with Gasteiger partial charge in [-0.15, -0.1) is 0 Å². The van der Waals surface area contributed by atoms with Crippen molar-refractivity contribution in [3.05, 3.63) is 29.3 Å². The summed E-state index contributed by atoms with van der Waals surface area (Å²) in [7, 11) is -3.27. The summed E-state index contributed by atoms with van der Waals surface area (Å²) in [6, 6.07) is 5.64. The van der Waals surface area contributed by atoms with Crippen molar-refractivity contribution >= 4 is 10.0 Å². The monoisotopic (exact) mass is 266 g/mol. The smallest absolute Gasteiger partial charge is 0.243 e. The van der Waals surface area contributed by atoms with E-state index in [2.05, 4.69) is 5.32 Å². The van der Waals surface area contributed by atoms with Crippen LogP contribution in [0.4, 0.5) is 0 Å². The molecule has 2 heterocycles. The quantitative estimate of drug-likeness (QED) is 0.872. The molecule has 1 saturated heterocycles. The number of nitrogens with one attached hydrogen (secondary N) is 1. The Hall–Kier alpha value is -0.910. The Bertz CT molecular complexity index is 548. The third-order valence-electron chi connectivity index (χ3n) is 3.78. The zero-order valence-electron chi connectivity index (χ0n) is 10.4. The average molecular weight is 266 g/mol. The standard InChI is InChI=1S/C13H18N2O2S/c16-18(17,15-8-1-2-9-15)13-5-3-4-11-10-14-7-6-12(11)13/h3-5,14H,1-2,6-10H2. The fraction of sp³-hybridized carbons (Fsp3) is 0.538. The Morgan fingerprint density at radius 1 is 1.17 bits per heavy atom. The molecule has 5 heteroatoms. The molecule has 1 aromatic rings. The highest BCUT2D eigenvalue weighted by Crippen LogP contribution is 2.27. The second-order valence-corrected chi connectivity index (χ2v) is 6.84. The molecule has 0 amide bonds. The normalized spacial score (nSPS) is 20.9. The third kappa shape index (κ3) is 1.96. The first-order chi connectivity index (χ1) is 8.69. The molecular weight excluding hydrogens is 248 g/mol. The van der Waals surface area contributed by atoms with E-state index in [0.29, 0.717) is 18.0 Å². The molecule has 18 heavy (non-hydrogen) atoms. The van der Waals surface area contributed by atoms with E-state index >= 15 is 0 Å². The van der Waals surface area contributed by atoms with Crippen LogP contribution < -0.4 is 5.32 Å². The summed E-state index contributed by atoms with van der Waals surface area (Å²) in [4.78, 5) is 0.531. The highest BCUT2D eigenvalue weighted by molar-refractivity contribution is 7.89. The van der Waals surface area contributed by atoms with E-state index in [1.54, 1.807) is 10.4 Å². The van der Waals surface area contributed by atoms with E-state index in [1.807, 2.05) is 12.1 Å². The van der Waals surface area contributed by atoms with Crippen molar-refractivity contribution in [1.29, 1.82) is 0 Å². The number of hydrogen-bond donors (Lipinski definition) is 1. The summed E-state index contributed by atoms with van der Waals surface area (Å²) in [6.07, 6.45) is 2.77. The number of fused-ring (bicyclic) bond motifs is 1. The Morgan fingerprint density at radius 3 is 2.72 bits per heavy atom. The SMILES string of the molecule is O=S(=O)(c1cccc2c1CCNC2)N1CCCC1. The highest BCUT2D eigenvalue weighted by Gasteiger charge is 2.30. The van der Waals surface area contributed by atoms with Crippen LogP contribution in [0.1, 0.15) is 24.0 Å². The summed E-state index contributed by atoms with van der Waals surface area (Å²) in [5, 5.41) is 3.28. The van der Waals surface area contributed by atoms with Gasteiger partial charge in [0.1, 0.15) is 0 Å². The minimum Gasteiger partial charge on any atom is -0.312 e. The molecule has 3 rings (SSSR count). The first-order valence-corrected chi connectivity index (χ1v) is 7.95. The molecule has 0 atom stereocenters. The van der Waals surface area contributed by atoms with Crippen LogP contribution in [0.25, 0.3) is 0 Å². The maximum Gasteiger partial charge on any atom is 0.243 e. The van der Waals surface area contributed by atoms with Gasteiger partial charge < -0.3 is 5.32 Å². The van der Waals surface area contributed by atoms with Crippen molar-refractivity contribution in [1.82, 2.24) is 9.62 Å². The van der Waals surface area contributed by atoms with Crippen molar-refractivity contribution in [2.24, 2.45) is 0 Å². The molecule has 0 radical (unpaired) electrons. The van der Waals surface area contributed by atoms with Crippen molar-refractivity contribution < 1.29 is 8.42 Å². The van der Waals surface area contributed by atoms with Gasteiger partial charge in [0, 0.05) is 19.6 Å². The molecule has 0 spiro atoms. The van der Waals surface area contributed by atoms with Crippen LogP contribution in [-0.2, 0) is 23.0 Å². The number of nitrogens with zero attached hydrogens (tertiary/aromatic N) is 1. The lowest BCUT2D eigenvalue weighted by molar-refractivity contribution is 0.475. The molecule has 1 aromatic carbocycles. The van der Waals surface area contributed by atoms with Gasteiger partial charge in [-0.1, -0.05) is 12.1 Å². The fourth-order valence-electron chi connectivity index (χ4n) is 2.81. The van der Waals surface area contributed by atoms with E-state index in [1.165, 1.54) is 0 Å². The topological polar surface area (TPSA) is 49.4 Å². The van der Waals surface area contributed by atoms with Gasteiger partial charge in [0.05, 0.1) is 4.90 Å². The first-order valence-electron chi connectivity index (χ1n) is 6.51. The van der Waals surface area contributed by atoms with E-state index in [-0.39, 0.29) is 0 Å². The van der Waals surface area contributed by atoms with Crippen molar-refractivity contribution in [2.75, 3.05) is 19.6 Å². The second kappa shape index (κ2) is 4.64. The van der Waals surface area contributed by atoms with Crippen LogP contribution in [0.3, 0.4) is 0 Å². The maximum atomic E-state index is 12.6. The molecule has 0 unspecified atom stereocenters. The van der Waals surface area contributed by atoms with Crippen LogP contribution >= 0.6 is 0 Å². The number of sulfonamides is 1. The molecule has 2 aliphatic heterocycles. The summed E-state index contributed by atoms with van der Waals surface area (Å²) in [6.45, 7) is 2.98. The zero-order chi connectivity index (χ0) is 12.6. The molecule has 0 bridgehead atoms. The van der Waals surface area contributed by atoms with Gasteiger partial charge in [-0.25, -0.2) is 8.42 Å². The average Bonchev–Trinajstić information content (AvgIpc) is 2.92. The molecule has 1 fully saturated rings. The zero-order valence-corrected chi connectivity index (χ0v) is 11.2. The molecular formula is C13H18N2O2S. The van der Waals surface area contributed by atoms with Crippen LogP contribution in [0.5, 0.6) is 0 Å². The van der Waals surface area contributed by atoms with E-state index in [9.17, 15) is 8.42 Å². The molecule has 0 saturated carbocycles. The van der Waals surface area contributed by atoms with Gasteiger partial charge in [0.2, 0.25) is 10.0 Å². The van der Waals surface area contributed by atoms with Crippen molar-refractivity contribution in [3.63, 3.8) is 0 Å². The molecule has 1 N–H and O–H groups in total. The van der Waals surface area contributed by atoms with Crippen molar-refractivity contribution in [2.45, 2.75) is 30.7 Å². The minimum absolute atomic E-state index is 0.531. The van der Waals surface area contributed by atoms with Gasteiger partial charge in [-0.05, 0) is 43.0 Å². The maximum absolute atomic E-state index is 12.6. The largest absolute Gasteiger partial charge is 0.312 e. The molecule has 98 valence electrons. The van der Waals surface area contributed by atoms with Crippen LogP contribution in [0.15, 0.2) is 23.1 Å². The number of hydrogen-bond acceptors (Lipinski definition) is 3. The summed E-state index contributed by atoms with van der Waals surface area (Å²) in [5.74, 6) is 0. The second-order valence-electron chi connectivity index (χ2n) is 4.93. The number of rotatable bonds is 2. The summed E-state index contributed by atoms with van der Waals surface area (Å²) < 4.78 is 26.9. The molecule has 0 aromatic heterocycles. The van der Waals surface area contributed by atoms with E-state index in [4.69, 9.17) is 0 Å². The Kier molecular flexibility index (Phi) is 3.13. The molecule has 2 aliphatic rings. The van der Waals surface area contributed by atoms with E-state index < -0.39 is 10.0 Å². The van der Waals surface area contributed by atoms with Crippen LogP contribution in [-0.4, -0.2) is 32.4 Å². The van der Waals surface area contributed by atoms with Crippen LogP contribution in [0.2, 0.25) is 0 Å². The van der Waals surface area contributed by atoms with E-state index in [0.717, 1.165) is 43.5 Å². The Balaban J connectivity index is 2.06. The number of benzene rings is 1. The van der Waals surface area contributed by atoms with Gasteiger partial charge in [0.25, 0.3) is 0 Å². The molecule has 4 nitrogen and oxygen atoms in total. The fourth-order valence-corrected chi connectivity index (χ4v) is 4.62. The highest BCUT2D eigenvalue weighted by atomic mass is 32.2. The van der Waals surface area contributed by atoms with Crippen LogP contribution in [0, 0.1) is 0 Å². The first kappa shape index (κ1) is 12.1. The van der Waals surface area contributed by atoms with Gasteiger partial charge in [-0.2, -0.15) is 4.31 Å². The molecule has 0 aliphatic carbocycles. The van der Waals surface area contributed by atoms with Gasteiger partial charge in [0.15, 0.2) is 0 Å². The Morgan fingerprint density at radius 2 is 1.94 bits per heavy atom. The lowest BCUT2D eigenvalue weighted by atomic mass is 10.0. The summed E-state index contributed by atoms with van der Waals surface area (Å²) >= 11 is 0. The van der Waals surface area contributed by atoms with Gasteiger partial charge in [-0.3, -0.25) is 0 Å². The predicted octanol–water partition coefficient (Wildman–Crippen LogP) is 1.12.